The molecule has 1 unspecified atom stereocenters. The summed E-state index contributed by atoms with van der Waals surface area (Å²) in [6, 6.07) is 0. The van der Waals surface area contributed by atoms with Crippen molar-refractivity contribution in [1.29, 1.82) is 0 Å². The van der Waals surface area contributed by atoms with Crippen molar-refractivity contribution in [2.45, 2.75) is 23.2 Å². The highest BCUT2D eigenvalue weighted by Crippen LogP contribution is 2.33. The topological polar surface area (TPSA) is 77.1 Å². The maximum absolute atomic E-state index is 12.3. The van der Waals surface area contributed by atoms with Crippen LogP contribution in [0.4, 0.5) is 0 Å². The first-order chi connectivity index (χ1) is 11.7. The van der Waals surface area contributed by atoms with Crippen LogP contribution in [-0.4, -0.2) is 91.1 Å². The molecule has 0 aliphatic carbocycles. The van der Waals surface area contributed by atoms with E-state index in [0.29, 0.717) is 46.1 Å². The lowest BCUT2D eigenvalue weighted by molar-refractivity contribution is -0.148. The van der Waals surface area contributed by atoms with Gasteiger partial charge in [0, 0.05) is 19.6 Å². The van der Waals surface area contributed by atoms with Gasteiger partial charge in [0.15, 0.2) is 6.10 Å². The minimum atomic E-state index is -0.513. The third-order valence-electron chi connectivity index (χ3n) is 4.05. The second-order valence-electron chi connectivity index (χ2n) is 5.89. The number of hydrogen-bond acceptors (Lipinski definition) is 7. The quantitative estimate of drug-likeness (QED) is 0.651. The van der Waals surface area contributed by atoms with Gasteiger partial charge in [-0.15, -0.1) is 23.5 Å². The molecule has 0 aromatic carbocycles. The lowest BCUT2D eigenvalue weighted by Crippen LogP contribution is -2.57. The van der Waals surface area contributed by atoms with Gasteiger partial charge in [-0.05, 0) is 17.9 Å². The second-order valence-corrected chi connectivity index (χ2v) is 8.61. The smallest absolute Gasteiger partial charge is 0.251 e. The summed E-state index contributed by atoms with van der Waals surface area (Å²) in [5, 5.41) is 2.79. The fraction of sp³-hybridized carbons (Fsp3) is 0.867. The molecule has 1 atom stereocenters. The molecule has 0 aromatic rings. The minimum absolute atomic E-state index is 0.0664. The van der Waals surface area contributed by atoms with E-state index in [-0.39, 0.29) is 22.5 Å². The molecule has 3 aliphatic heterocycles. The van der Waals surface area contributed by atoms with E-state index in [2.05, 4.69) is 5.32 Å². The predicted octanol–water partition coefficient (Wildman–Crippen LogP) is -0.0584. The van der Waals surface area contributed by atoms with Crippen LogP contribution in [-0.2, 0) is 23.8 Å². The Labute approximate surface area is 150 Å². The largest absolute Gasteiger partial charge is 0.376 e. The highest BCUT2D eigenvalue weighted by atomic mass is 32.2. The van der Waals surface area contributed by atoms with E-state index < -0.39 is 6.10 Å². The Kier molecular flexibility index (Phi) is 7.08. The number of amides is 2. The van der Waals surface area contributed by atoms with Crippen LogP contribution in [0.3, 0.4) is 0 Å². The second kappa shape index (κ2) is 9.28. The Morgan fingerprint density at radius 2 is 2.00 bits per heavy atom. The molecular weight excluding hydrogens is 352 g/mol. The monoisotopic (exact) mass is 376 g/mol. The molecule has 3 aliphatic rings. The van der Waals surface area contributed by atoms with Crippen molar-refractivity contribution in [1.82, 2.24) is 10.2 Å². The van der Waals surface area contributed by atoms with Crippen LogP contribution in [0.15, 0.2) is 0 Å². The first kappa shape index (κ1) is 18.3. The van der Waals surface area contributed by atoms with Crippen molar-refractivity contribution in [3.63, 3.8) is 0 Å². The molecule has 0 spiro atoms. The number of likely N-dealkylation sites (tertiary alicyclic amines) is 1. The summed E-state index contributed by atoms with van der Waals surface area (Å²) in [6.45, 7) is 3.51. The van der Waals surface area contributed by atoms with Crippen LogP contribution in [0.5, 0.6) is 0 Å². The summed E-state index contributed by atoms with van der Waals surface area (Å²) in [6.07, 6.45) is 0.758. The lowest BCUT2D eigenvalue weighted by atomic mass is 10.1. The Morgan fingerprint density at radius 1 is 1.21 bits per heavy atom. The number of ether oxygens (including phenoxy) is 3. The molecule has 0 saturated carbocycles. The fourth-order valence-electron chi connectivity index (χ4n) is 2.66. The summed E-state index contributed by atoms with van der Waals surface area (Å²) >= 11 is 3.50. The molecule has 3 heterocycles. The van der Waals surface area contributed by atoms with E-state index >= 15 is 0 Å². The van der Waals surface area contributed by atoms with Crippen molar-refractivity contribution in [3.05, 3.63) is 0 Å². The molecule has 3 fully saturated rings. The minimum Gasteiger partial charge on any atom is -0.376 e. The maximum Gasteiger partial charge on any atom is 0.251 e. The fourth-order valence-corrected chi connectivity index (χ4v) is 5.43. The van der Waals surface area contributed by atoms with Gasteiger partial charge in [0.1, 0.15) is 4.58 Å². The average Bonchev–Trinajstić information content (AvgIpc) is 2.61. The summed E-state index contributed by atoms with van der Waals surface area (Å²) in [4.78, 5) is 25.9. The molecule has 2 amide bonds. The van der Waals surface area contributed by atoms with E-state index in [1.807, 2.05) is 4.90 Å². The molecule has 0 aromatic heterocycles. The van der Waals surface area contributed by atoms with Crippen molar-refractivity contribution in [2.24, 2.45) is 0 Å². The zero-order valence-electron chi connectivity index (χ0n) is 13.6. The summed E-state index contributed by atoms with van der Waals surface area (Å²) < 4.78 is 16.3. The molecule has 0 bridgehead atoms. The van der Waals surface area contributed by atoms with Gasteiger partial charge < -0.3 is 24.4 Å². The van der Waals surface area contributed by atoms with Gasteiger partial charge >= 0.3 is 0 Å². The van der Waals surface area contributed by atoms with Crippen molar-refractivity contribution < 1.29 is 23.8 Å². The number of hydrogen-bond donors (Lipinski definition) is 1. The third-order valence-corrected chi connectivity index (χ3v) is 6.93. The molecular formula is C15H24N2O5S2. The highest BCUT2D eigenvalue weighted by Gasteiger charge is 2.36. The molecule has 1 N–H and O–H groups in total. The molecule has 9 heteroatoms. The van der Waals surface area contributed by atoms with Gasteiger partial charge in [0.05, 0.1) is 32.5 Å². The van der Waals surface area contributed by atoms with Gasteiger partial charge in [0.25, 0.3) is 5.91 Å². The highest BCUT2D eigenvalue weighted by molar-refractivity contribution is 8.18. The Hall–Kier alpha value is -0.480. The summed E-state index contributed by atoms with van der Waals surface area (Å²) in [5.41, 5.74) is 0. The van der Waals surface area contributed by atoms with Crippen LogP contribution >= 0.6 is 23.5 Å². The Morgan fingerprint density at radius 3 is 2.71 bits per heavy atom. The number of thioether (sulfide) groups is 2. The van der Waals surface area contributed by atoms with Gasteiger partial charge in [-0.2, -0.15) is 0 Å². The third kappa shape index (κ3) is 5.01. The Balaban J connectivity index is 1.24. The molecule has 24 heavy (non-hydrogen) atoms. The first-order valence-corrected chi connectivity index (χ1v) is 10.4. The number of carbonyl (C=O) groups is 2. The molecule has 136 valence electrons. The molecule has 7 nitrogen and oxygen atoms in total. The molecule has 3 saturated heterocycles. The number of nitrogens with zero attached hydrogens (tertiary/aromatic N) is 1. The van der Waals surface area contributed by atoms with E-state index in [0.717, 1.165) is 11.5 Å². The van der Waals surface area contributed by atoms with E-state index in [9.17, 15) is 9.59 Å². The van der Waals surface area contributed by atoms with E-state index in [4.69, 9.17) is 14.2 Å². The summed E-state index contributed by atoms with van der Waals surface area (Å²) in [7, 11) is 0. The average molecular weight is 377 g/mol. The normalized spacial score (nSPS) is 26.0. The Bertz CT molecular complexity index is 436. The van der Waals surface area contributed by atoms with Gasteiger partial charge in [-0.25, -0.2) is 0 Å². The number of rotatable bonds is 6. The van der Waals surface area contributed by atoms with Crippen LogP contribution in [0.1, 0.15) is 6.42 Å². The van der Waals surface area contributed by atoms with Crippen molar-refractivity contribution in [2.75, 3.05) is 57.6 Å². The van der Waals surface area contributed by atoms with Crippen molar-refractivity contribution >= 4 is 35.3 Å². The van der Waals surface area contributed by atoms with E-state index in [1.165, 1.54) is 6.42 Å². The van der Waals surface area contributed by atoms with Crippen LogP contribution < -0.4 is 5.32 Å². The number of carbonyl (C=O) groups excluding carboxylic acids is 2. The molecule has 0 radical (unpaired) electrons. The van der Waals surface area contributed by atoms with E-state index in [1.54, 1.807) is 23.5 Å². The standard InChI is InChI=1S/C15H24N2O5S2/c18-13(12-10-20-4-5-22-12)16-2-3-21-11-8-17(9-11)14(19)15-23-6-1-7-24-15/h11-12,15H,1-10H2,(H,16,18). The zero-order chi connectivity index (χ0) is 16.8. The zero-order valence-corrected chi connectivity index (χ0v) is 15.2. The van der Waals surface area contributed by atoms with Gasteiger partial charge in [-0.3, -0.25) is 9.59 Å². The molecule has 3 rings (SSSR count). The van der Waals surface area contributed by atoms with Crippen molar-refractivity contribution in [3.8, 4) is 0 Å². The SMILES string of the molecule is O=C(NCCOC1CN(C(=O)C2SCCCS2)C1)C1COCCO1. The maximum atomic E-state index is 12.3. The number of nitrogens with one attached hydrogen (secondary N) is 1. The van der Waals surface area contributed by atoms with Crippen LogP contribution in [0.25, 0.3) is 0 Å². The lowest BCUT2D eigenvalue weighted by Gasteiger charge is -2.40. The van der Waals surface area contributed by atoms with Gasteiger partial charge in [0.2, 0.25) is 5.91 Å². The predicted molar refractivity (Wildman–Crippen MR) is 93.2 cm³/mol. The summed E-state index contributed by atoms with van der Waals surface area (Å²) in [5.74, 6) is 2.22. The first-order valence-electron chi connectivity index (χ1n) is 8.34. The van der Waals surface area contributed by atoms with Crippen LogP contribution in [0.2, 0.25) is 0 Å². The van der Waals surface area contributed by atoms with Gasteiger partial charge in [-0.1, -0.05) is 0 Å². The van der Waals surface area contributed by atoms with Crippen LogP contribution in [0, 0.1) is 0 Å².